The van der Waals surface area contributed by atoms with Crippen LogP contribution in [0, 0.1) is 0 Å². The highest BCUT2D eigenvalue weighted by molar-refractivity contribution is 7.88. The van der Waals surface area contributed by atoms with Gasteiger partial charge in [-0.3, -0.25) is 0 Å². The number of nitrogens with one attached hydrogen (secondary N) is 2. The van der Waals surface area contributed by atoms with Crippen LogP contribution in [-0.2, 0) is 16.6 Å². The first-order chi connectivity index (χ1) is 15.9. The molecule has 0 radical (unpaired) electrons. The number of alkyl halides is 3. The van der Waals surface area contributed by atoms with E-state index in [0.717, 1.165) is 11.8 Å². The first-order valence-electron chi connectivity index (χ1n) is 10.6. The minimum atomic E-state index is -4.55. The minimum Gasteiger partial charge on any atom is -0.454 e. The normalized spacial score (nSPS) is 16.0. The molecule has 1 saturated heterocycles. The largest absolute Gasteiger partial charge is 0.454 e. The lowest BCUT2D eigenvalue weighted by molar-refractivity contribution is -0.154. The van der Waals surface area contributed by atoms with Crippen molar-refractivity contribution in [3.63, 3.8) is 0 Å². The van der Waals surface area contributed by atoms with Gasteiger partial charge in [0.25, 0.3) is 0 Å². The molecule has 0 spiro atoms. The molecule has 0 bridgehead atoms. The van der Waals surface area contributed by atoms with Crippen molar-refractivity contribution in [3.8, 4) is 6.01 Å². The Labute approximate surface area is 196 Å². The molecule has 1 fully saturated rings. The Kier molecular flexibility index (Phi) is 8.15. The number of rotatable bonds is 9. The summed E-state index contributed by atoms with van der Waals surface area (Å²) in [4.78, 5) is 14.2. The molecule has 10 nitrogen and oxygen atoms in total. The zero-order chi connectivity index (χ0) is 24.9. The summed E-state index contributed by atoms with van der Waals surface area (Å²) >= 11 is 0. The van der Waals surface area contributed by atoms with Gasteiger partial charge in [0, 0.05) is 31.4 Å². The number of ether oxygens (including phenoxy) is 1. The van der Waals surface area contributed by atoms with Crippen LogP contribution in [0.4, 0.5) is 30.8 Å². The van der Waals surface area contributed by atoms with Crippen molar-refractivity contribution >= 4 is 27.6 Å². The average Bonchev–Trinajstić information content (AvgIpc) is 2.71. The van der Waals surface area contributed by atoms with Crippen LogP contribution in [-0.4, -0.2) is 84.8 Å². The predicted octanol–water partition coefficient (Wildman–Crippen LogP) is 2.45. The second-order valence-electron chi connectivity index (χ2n) is 8.31. The molecule has 1 aromatic heterocycles. The first kappa shape index (κ1) is 25.9. The molecular formula is C20H28F3N7O3S. The van der Waals surface area contributed by atoms with Gasteiger partial charge in [0.15, 0.2) is 6.61 Å². The molecule has 188 valence electrons. The van der Waals surface area contributed by atoms with E-state index in [-0.39, 0.29) is 17.9 Å². The number of hydrogen-bond acceptors (Lipinski definition) is 9. The molecule has 0 unspecified atom stereocenters. The highest BCUT2D eigenvalue weighted by atomic mass is 32.2. The summed E-state index contributed by atoms with van der Waals surface area (Å²) in [6, 6.07) is 6.83. The third-order valence-corrected chi connectivity index (χ3v) is 6.22. The van der Waals surface area contributed by atoms with Crippen molar-refractivity contribution in [2.45, 2.75) is 31.6 Å². The van der Waals surface area contributed by atoms with E-state index in [1.54, 1.807) is 6.07 Å². The minimum absolute atomic E-state index is 0.0187. The van der Waals surface area contributed by atoms with Gasteiger partial charge in [0.2, 0.25) is 21.9 Å². The van der Waals surface area contributed by atoms with Gasteiger partial charge >= 0.3 is 12.2 Å². The monoisotopic (exact) mass is 503 g/mol. The second kappa shape index (κ2) is 10.7. The molecule has 0 amide bonds. The van der Waals surface area contributed by atoms with Crippen LogP contribution in [0.3, 0.4) is 0 Å². The van der Waals surface area contributed by atoms with E-state index >= 15 is 0 Å². The molecule has 1 aliphatic heterocycles. The fraction of sp³-hybridized carbons (Fsp3) is 0.550. The maximum absolute atomic E-state index is 12.7. The Morgan fingerprint density at radius 2 is 1.82 bits per heavy atom. The molecule has 34 heavy (non-hydrogen) atoms. The number of anilines is 3. The van der Waals surface area contributed by atoms with Gasteiger partial charge in [0.1, 0.15) is 0 Å². The van der Waals surface area contributed by atoms with Crippen molar-refractivity contribution in [2.75, 3.05) is 50.7 Å². The fourth-order valence-corrected chi connectivity index (χ4v) is 4.32. The SMILES string of the molecule is CN(C)Cc1cccc(Nc2nc(NC3CCN(S(C)(=O)=O)CC3)nc(OCC(F)(F)F)n2)c1. The molecule has 1 aliphatic rings. The molecule has 1 aromatic carbocycles. The van der Waals surface area contributed by atoms with Crippen LogP contribution < -0.4 is 15.4 Å². The standard InChI is InChI=1S/C20H28F3N7O3S/c1-29(2)12-14-5-4-6-16(11-14)25-18-26-17(27-19(28-18)33-13-20(21,22)23)24-15-7-9-30(10-8-15)34(3,31)32/h4-6,11,15H,7-10,12-13H2,1-3H3,(H2,24,25,26,27,28). The van der Waals surface area contributed by atoms with E-state index in [1.165, 1.54) is 4.31 Å². The van der Waals surface area contributed by atoms with Crippen molar-refractivity contribution in [1.29, 1.82) is 0 Å². The molecule has 14 heteroatoms. The van der Waals surface area contributed by atoms with Gasteiger partial charge in [-0.25, -0.2) is 12.7 Å². The third-order valence-electron chi connectivity index (χ3n) is 4.92. The number of piperidine rings is 1. The van der Waals surface area contributed by atoms with Crippen LogP contribution in [0.5, 0.6) is 6.01 Å². The summed E-state index contributed by atoms with van der Waals surface area (Å²) in [5.41, 5.74) is 1.67. The van der Waals surface area contributed by atoms with Gasteiger partial charge in [-0.15, -0.1) is 0 Å². The van der Waals surface area contributed by atoms with Crippen molar-refractivity contribution in [3.05, 3.63) is 29.8 Å². The van der Waals surface area contributed by atoms with Crippen LogP contribution in [0.15, 0.2) is 24.3 Å². The van der Waals surface area contributed by atoms with Gasteiger partial charge < -0.3 is 20.3 Å². The Hall–Kier alpha value is -2.71. The fourth-order valence-electron chi connectivity index (χ4n) is 3.44. The van der Waals surface area contributed by atoms with E-state index in [0.29, 0.717) is 38.2 Å². The van der Waals surface area contributed by atoms with Gasteiger partial charge in [-0.05, 0) is 44.6 Å². The Morgan fingerprint density at radius 1 is 1.15 bits per heavy atom. The van der Waals surface area contributed by atoms with Crippen molar-refractivity contribution in [1.82, 2.24) is 24.2 Å². The quantitative estimate of drug-likeness (QED) is 0.533. The highest BCUT2D eigenvalue weighted by Crippen LogP contribution is 2.22. The molecule has 0 saturated carbocycles. The van der Waals surface area contributed by atoms with Gasteiger partial charge in [-0.1, -0.05) is 12.1 Å². The Bertz CT molecular complexity index is 1080. The van der Waals surface area contributed by atoms with Crippen molar-refractivity contribution < 1.29 is 26.3 Å². The summed E-state index contributed by atoms with van der Waals surface area (Å²) in [6.07, 6.45) is -2.41. The first-order valence-corrected chi connectivity index (χ1v) is 12.4. The third kappa shape index (κ3) is 8.25. The summed E-state index contributed by atoms with van der Waals surface area (Å²) in [7, 11) is 0.600. The molecule has 2 N–H and O–H groups in total. The van der Waals surface area contributed by atoms with Crippen molar-refractivity contribution in [2.24, 2.45) is 0 Å². The van der Waals surface area contributed by atoms with E-state index < -0.39 is 28.8 Å². The second-order valence-corrected chi connectivity index (χ2v) is 10.3. The van der Waals surface area contributed by atoms with Crippen LogP contribution in [0.2, 0.25) is 0 Å². The number of aromatic nitrogens is 3. The lowest BCUT2D eigenvalue weighted by Gasteiger charge is -2.30. The summed E-state index contributed by atoms with van der Waals surface area (Å²) in [5, 5.41) is 6.05. The van der Waals surface area contributed by atoms with E-state index in [2.05, 4.69) is 25.6 Å². The Morgan fingerprint density at radius 3 is 2.44 bits per heavy atom. The van der Waals surface area contributed by atoms with Gasteiger partial charge in [0.05, 0.1) is 6.26 Å². The smallest absolute Gasteiger partial charge is 0.422 e. The topological polar surface area (TPSA) is 113 Å². The molecule has 2 aromatic rings. The number of hydrogen-bond donors (Lipinski definition) is 2. The summed E-state index contributed by atoms with van der Waals surface area (Å²) in [6.45, 7) is -0.196. The number of halogens is 3. The molecule has 0 aliphatic carbocycles. The summed E-state index contributed by atoms with van der Waals surface area (Å²) in [5.74, 6) is 0.0576. The van der Waals surface area contributed by atoms with E-state index in [4.69, 9.17) is 4.74 Å². The predicted molar refractivity (Wildman–Crippen MR) is 122 cm³/mol. The number of nitrogens with zero attached hydrogens (tertiary/aromatic N) is 5. The number of sulfonamides is 1. The van der Waals surface area contributed by atoms with Gasteiger partial charge in [-0.2, -0.15) is 28.1 Å². The molecule has 2 heterocycles. The maximum Gasteiger partial charge on any atom is 0.422 e. The maximum atomic E-state index is 12.7. The van der Waals surface area contributed by atoms with Crippen LogP contribution >= 0.6 is 0 Å². The number of benzene rings is 1. The zero-order valence-corrected chi connectivity index (χ0v) is 19.9. The van der Waals surface area contributed by atoms with E-state index in [9.17, 15) is 21.6 Å². The Balaban J connectivity index is 1.77. The highest BCUT2D eigenvalue weighted by Gasteiger charge is 2.30. The average molecular weight is 504 g/mol. The molecule has 0 atom stereocenters. The zero-order valence-electron chi connectivity index (χ0n) is 19.1. The summed E-state index contributed by atoms with van der Waals surface area (Å²) < 4.78 is 67.5. The van der Waals surface area contributed by atoms with E-state index in [1.807, 2.05) is 37.2 Å². The lowest BCUT2D eigenvalue weighted by Crippen LogP contribution is -2.42. The molecular weight excluding hydrogens is 475 g/mol. The molecule has 3 rings (SSSR count). The van der Waals surface area contributed by atoms with Crippen LogP contribution in [0.1, 0.15) is 18.4 Å². The van der Waals surface area contributed by atoms with Crippen LogP contribution in [0.25, 0.3) is 0 Å². The lowest BCUT2D eigenvalue weighted by atomic mass is 10.1.